The Morgan fingerprint density at radius 1 is 1.12 bits per heavy atom. The molecule has 1 aliphatic heterocycles. The van der Waals surface area contributed by atoms with Crippen LogP contribution in [0.15, 0.2) is 48.5 Å². The van der Waals surface area contributed by atoms with Crippen molar-refractivity contribution in [1.82, 2.24) is 4.90 Å². The Morgan fingerprint density at radius 3 is 2.46 bits per heavy atom. The smallest absolute Gasteiger partial charge is 0.223 e. The summed E-state index contributed by atoms with van der Waals surface area (Å²) >= 11 is 0. The van der Waals surface area contributed by atoms with E-state index in [4.69, 9.17) is 9.47 Å². The highest BCUT2D eigenvalue weighted by Gasteiger charge is 2.31. The van der Waals surface area contributed by atoms with E-state index in [1.807, 2.05) is 43.3 Å². The second-order valence-corrected chi connectivity index (χ2v) is 6.78. The SMILES string of the molecule is COc1cccc(OC2CN(C(=O)CCc3ccc(N(C)C)cc3)C2)c1. The first-order chi connectivity index (χ1) is 12.5. The number of amides is 1. The van der Waals surface area contributed by atoms with E-state index in [1.54, 1.807) is 7.11 Å². The Hall–Kier alpha value is -2.69. The molecule has 138 valence electrons. The molecule has 2 aromatic rings. The molecule has 0 radical (unpaired) electrons. The van der Waals surface area contributed by atoms with Gasteiger partial charge < -0.3 is 19.3 Å². The molecule has 0 spiro atoms. The summed E-state index contributed by atoms with van der Waals surface area (Å²) in [5.74, 6) is 1.74. The Balaban J connectivity index is 1.41. The first-order valence-electron chi connectivity index (χ1n) is 8.90. The maximum absolute atomic E-state index is 12.3. The van der Waals surface area contributed by atoms with Gasteiger partial charge in [-0.05, 0) is 36.2 Å². The van der Waals surface area contributed by atoms with Crippen LogP contribution in [0.25, 0.3) is 0 Å². The summed E-state index contributed by atoms with van der Waals surface area (Å²) in [5, 5.41) is 0. The van der Waals surface area contributed by atoms with Gasteiger partial charge in [0.25, 0.3) is 0 Å². The number of ether oxygens (including phenoxy) is 2. The molecular formula is C21H26N2O3. The summed E-state index contributed by atoms with van der Waals surface area (Å²) in [5.41, 5.74) is 2.36. The Bertz CT molecular complexity index is 737. The zero-order valence-corrected chi connectivity index (χ0v) is 15.6. The lowest BCUT2D eigenvalue weighted by Gasteiger charge is -2.39. The van der Waals surface area contributed by atoms with Crippen molar-refractivity contribution in [3.05, 3.63) is 54.1 Å². The van der Waals surface area contributed by atoms with Crippen LogP contribution in [0.3, 0.4) is 0 Å². The standard InChI is InChI=1S/C21H26N2O3/c1-22(2)17-10-7-16(8-11-17)9-12-21(24)23-14-20(15-23)26-19-6-4-5-18(13-19)25-3/h4-8,10-11,13,20H,9,12,14-15H2,1-3H3. The predicted molar refractivity (Wildman–Crippen MR) is 103 cm³/mol. The number of carbonyl (C=O) groups excluding carboxylic acids is 1. The predicted octanol–water partition coefficient (Wildman–Crippen LogP) is 2.98. The quantitative estimate of drug-likeness (QED) is 0.767. The molecule has 1 heterocycles. The van der Waals surface area contributed by atoms with E-state index in [9.17, 15) is 4.79 Å². The molecule has 26 heavy (non-hydrogen) atoms. The third kappa shape index (κ3) is 4.48. The molecule has 0 aliphatic carbocycles. The van der Waals surface area contributed by atoms with Gasteiger partial charge in [0.15, 0.2) is 0 Å². The molecule has 0 aromatic heterocycles. The summed E-state index contributed by atoms with van der Waals surface area (Å²) in [7, 11) is 5.68. The van der Waals surface area contributed by atoms with Gasteiger partial charge in [-0.3, -0.25) is 4.79 Å². The molecule has 1 aliphatic rings. The molecule has 5 nitrogen and oxygen atoms in total. The first-order valence-corrected chi connectivity index (χ1v) is 8.90. The molecule has 0 bridgehead atoms. The maximum atomic E-state index is 12.3. The van der Waals surface area contributed by atoms with Crippen LogP contribution in [0.4, 0.5) is 5.69 Å². The Morgan fingerprint density at radius 2 is 1.81 bits per heavy atom. The van der Waals surface area contributed by atoms with Gasteiger partial charge in [0.1, 0.15) is 17.6 Å². The van der Waals surface area contributed by atoms with Crippen molar-refractivity contribution in [3.8, 4) is 11.5 Å². The van der Waals surface area contributed by atoms with Crippen molar-refractivity contribution in [3.63, 3.8) is 0 Å². The third-order valence-electron chi connectivity index (χ3n) is 4.62. The van der Waals surface area contributed by atoms with Crippen LogP contribution in [0, 0.1) is 0 Å². The summed E-state index contributed by atoms with van der Waals surface area (Å²) in [4.78, 5) is 16.2. The van der Waals surface area contributed by atoms with Gasteiger partial charge in [0.2, 0.25) is 5.91 Å². The first kappa shape index (κ1) is 18.1. The highest BCUT2D eigenvalue weighted by molar-refractivity contribution is 5.77. The minimum atomic E-state index is 0.0606. The van der Waals surface area contributed by atoms with Gasteiger partial charge >= 0.3 is 0 Å². The van der Waals surface area contributed by atoms with E-state index >= 15 is 0 Å². The highest BCUT2D eigenvalue weighted by Crippen LogP contribution is 2.23. The number of methoxy groups -OCH3 is 1. The maximum Gasteiger partial charge on any atom is 0.223 e. The van der Waals surface area contributed by atoms with E-state index in [0.29, 0.717) is 19.5 Å². The normalized spacial score (nSPS) is 13.9. The number of hydrogen-bond acceptors (Lipinski definition) is 4. The van der Waals surface area contributed by atoms with Gasteiger partial charge in [0.05, 0.1) is 20.2 Å². The molecule has 3 rings (SSSR count). The van der Waals surface area contributed by atoms with E-state index in [0.717, 1.165) is 17.9 Å². The number of nitrogens with zero attached hydrogens (tertiary/aromatic N) is 2. The molecule has 1 amide bonds. The fourth-order valence-electron chi connectivity index (χ4n) is 2.95. The lowest BCUT2D eigenvalue weighted by molar-refractivity contribution is -0.139. The molecule has 1 saturated heterocycles. The van der Waals surface area contributed by atoms with Crippen molar-refractivity contribution < 1.29 is 14.3 Å². The number of anilines is 1. The zero-order valence-electron chi connectivity index (χ0n) is 15.6. The lowest BCUT2D eigenvalue weighted by Crippen LogP contribution is -2.56. The molecule has 1 fully saturated rings. The van der Waals surface area contributed by atoms with Crippen molar-refractivity contribution in [2.45, 2.75) is 18.9 Å². The average Bonchev–Trinajstić information content (AvgIpc) is 2.63. The topological polar surface area (TPSA) is 42.0 Å². The molecule has 2 aromatic carbocycles. The molecule has 0 atom stereocenters. The van der Waals surface area contributed by atoms with Gasteiger partial charge in [-0.2, -0.15) is 0 Å². The van der Waals surface area contributed by atoms with Crippen LogP contribution in [0.1, 0.15) is 12.0 Å². The highest BCUT2D eigenvalue weighted by atomic mass is 16.5. The minimum absolute atomic E-state index is 0.0606. The van der Waals surface area contributed by atoms with Crippen LogP contribution in [-0.4, -0.2) is 51.2 Å². The van der Waals surface area contributed by atoms with Crippen molar-refractivity contribution in [1.29, 1.82) is 0 Å². The summed E-state index contributed by atoms with van der Waals surface area (Å²) < 4.78 is 11.1. The average molecular weight is 354 g/mol. The third-order valence-corrected chi connectivity index (χ3v) is 4.62. The Kier molecular flexibility index (Phi) is 5.66. The van der Waals surface area contributed by atoms with Crippen LogP contribution in [0.5, 0.6) is 11.5 Å². The van der Waals surface area contributed by atoms with Crippen molar-refractivity contribution in [2.24, 2.45) is 0 Å². The number of likely N-dealkylation sites (tertiary alicyclic amines) is 1. The monoisotopic (exact) mass is 354 g/mol. The van der Waals surface area contributed by atoms with Gasteiger partial charge in [-0.1, -0.05) is 18.2 Å². The van der Waals surface area contributed by atoms with E-state index in [-0.39, 0.29) is 12.0 Å². The fourth-order valence-corrected chi connectivity index (χ4v) is 2.95. The van der Waals surface area contributed by atoms with Crippen molar-refractivity contribution >= 4 is 11.6 Å². The molecule has 0 saturated carbocycles. The number of hydrogen-bond donors (Lipinski definition) is 0. The second kappa shape index (κ2) is 8.13. The molecule has 0 unspecified atom stereocenters. The van der Waals surface area contributed by atoms with Crippen LogP contribution < -0.4 is 14.4 Å². The fraction of sp³-hybridized carbons (Fsp3) is 0.381. The summed E-state index contributed by atoms with van der Waals surface area (Å²) in [6.45, 7) is 1.30. The van der Waals surface area contributed by atoms with Crippen molar-refractivity contribution in [2.75, 3.05) is 39.2 Å². The van der Waals surface area contributed by atoms with E-state index in [2.05, 4.69) is 29.2 Å². The number of rotatable bonds is 7. The zero-order chi connectivity index (χ0) is 18.5. The second-order valence-electron chi connectivity index (χ2n) is 6.78. The van der Waals surface area contributed by atoms with Gasteiger partial charge in [0, 0.05) is 32.3 Å². The number of carbonyl (C=O) groups is 1. The molecular weight excluding hydrogens is 328 g/mol. The molecule has 5 heteroatoms. The van der Waals surface area contributed by atoms with E-state index < -0.39 is 0 Å². The molecule has 0 N–H and O–H groups in total. The largest absolute Gasteiger partial charge is 0.497 e. The minimum Gasteiger partial charge on any atom is -0.497 e. The van der Waals surface area contributed by atoms with Crippen LogP contribution in [0.2, 0.25) is 0 Å². The number of aryl methyl sites for hydroxylation is 1. The Labute approximate surface area is 155 Å². The van der Waals surface area contributed by atoms with Crippen LogP contribution >= 0.6 is 0 Å². The lowest BCUT2D eigenvalue weighted by atomic mass is 10.1. The van der Waals surface area contributed by atoms with Gasteiger partial charge in [-0.15, -0.1) is 0 Å². The summed E-state index contributed by atoms with van der Waals surface area (Å²) in [6, 6.07) is 15.9. The summed E-state index contributed by atoms with van der Waals surface area (Å²) in [6.07, 6.45) is 1.36. The van der Waals surface area contributed by atoms with Crippen LogP contribution in [-0.2, 0) is 11.2 Å². The van der Waals surface area contributed by atoms with Gasteiger partial charge in [-0.25, -0.2) is 0 Å². The van der Waals surface area contributed by atoms with E-state index in [1.165, 1.54) is 11.3 Å². The number of benzene rings is 2.